The van der Waals surface area contributed by atoms with E-state index in [0.717, 1.165) is 18.5 Å². The van der Waals surface area contributed by atoms with Crippen molar-refractivity contribution in [2.45, 2.75) is 32.8 Å². The Balaban J connectivity index is 2.54. The van der Waals surface area contributed by atoms with Crippen LogP contribution in [0, 0.1) is 0 Å². The summed E-state index contributed by atoms with van der Waals surface area (Å²) in [5.74, 6) is 0. The lowest BCUT2D eigenvalue weighted by atomic mass is 10.0. The Morgan fingerprint density at radius 3 is 2.40 bits per heavy atom. The summed E-state index contributed by atoms with van der Waals surface area (Å²) in [5, 5.41) is 12.9. The molecule has 0 spiro atoms. The average Bonchev–Trinajstić information content (AvgIpc) is 2.27. The van der Waals surface area contributed by atoms with Gasteiger partial charge in [0.25, 0.3) is 0 Å². The summed E-state index contributed by atoms with van der Waals surface area (Å²) >= 11 is 0. The van der Waals surface area contributed by atoms with E-state index >= 15 is 0 Å². The van der Waals surface area contributed by atoms with Gasteiger partial charge < -0.3 is 10.4 Å². The van der Waals surface area contributed by atoms with Gasteiger partial charge in [0.2, 0.25) is 0 Å². The summed E-state index contributed by atoms with van der Waals surface area (Å²) in [6, 6.07) is 8.25. The second kappa shape index (κ2) is 6.59. The summed E-state index contributed by atoms with van der Waals surface area (Å²) < 4.78 is 0. The number of likely N-dealkylation sites (N-methyl/N-ethyl adjacent to an activating group) is 1. The quantitative estimate of drug-likeness (QED) is 0.750. The number of hydrogen-bond acceptors (Lipinski definition) is 2. The van der Waals surface area contributed by atoms with Crippen molar-refractivity contribution in [3.05, 3.63) is 35.4 Å². The number of aliphatic hydroxyl groups excluding tert-OH is 1. The van der Waals surface area contributed by atoms with Crippen LogP contribution in [0.1, 0.15) is 37.5 Å². The SMILES string of the molecule is CCCc1ccc(C(O)CNCC)cc1. The molecule has 0 radical (unpaired) electrons. The van der Waals surface area contributed by atoms with E-state index in [4.69, 9.17) is 0 Å². The van der Waals surface area contributed by atoms with Crippen LogP contribution in [-0.4, -0.2) is 18.2 Å². The van der Waals surface area contributed by atoms with Crippen LogP contribution in [-0.2, 0) is 6.42 Å². The molecule has 2 N–H and O–H groups in total. The van der Waals surface area contributed by atoms with Crippen molar-refractivity contribution in [2.75, 3.05) is 13.1 Å². The van der Waals surface area contributed by atoms with Crippen LogP contribution >= 0.6 is 0 Å². The lowest BCUT2D eigenvalue weighted by molar-refractivity contribution is 0.175. The van der Waals surface area contributed by atoms with E-state index in [0.29, 0.717) is 6.54 Å². The molecule has 0 aromatic heterocycles. The molecular weight excluding hydrogens is 186 g/mol. The van der Waals surface area contributed by atoms with Gasteiger partial charge in [-0.05, 0) is 24.1 Å². The Morgan fingerprint density at radius 1 is 1.20 bits per heavy atom. The minimum Gasteiger partial charge on any atom is -0.387 e. The molecule has 0 aliphatic heterocycles. The van der Waals surface area contributed by atoms with Crippen LogP contribution in [0.25, 0.3) is 0 Å². The maximum atomic E-state index is 9.81. The third kappa shape index (κ3) is 4.02. The topological polar surface area (TPSA) is 32.3 Å². The van der Waals surface area contributed by atoms with Crippen LogP contribution in [0.15, 0.2) is 24.3 Å². The van der Waals surface area contributed by atoms with E-state index in [1.165, 1.54) is 12.0 Å². The molecule has 1 rings (SSSR count). The first-order valence-corrected chi connectivity index (χ1v) is 5.75. The summed E-state index contributed by atoms with van der Waals surface area (Å²) in [6.45, 7) is 5.74. The van der Waals surface area contributed by atoms with Gasteiger partial charge in [-0.2, -0.15) is 0 Å². The number of rotatable bonds is 6. The first kappa shape index (κ1) is 12.2. The molecule has 0 aliphatic carbocycles. The molecule has 15 heavy (non-hydrogen) atoms. The monoisotopic (exact) mass is 207 g/mol. The van der Waals surface area contributed by atoms with Gasteiger partial charge in [0.05, 0.1) is 6.10 Å². The molecule has 0 amide bonds. The van der Waals surface area contributed by atoms with Gasteiger partial charge in [0.15, 0.2) is 0 Å². The zero-order valence-corrected chi connectivity index (χ0v) is 9.66. The predicted molar refractivity (Wildman–Crippen MR) is 63.9 cm³/mol. The van der Waals surface area contributed by atoms with Crippen molar-refractivity contribution < 1.29 is 5.11 Å². The molecule has 0 heterocycles. The fourth-order valence-electron chi connectivity index (χ4n) is 1.59. The van der Waals surface area contributed by atoms with E-state index in [1.54, 1.807) is 0 Å². The van der Waals surface area contributed by atoms with E-state index in [-0.39, 0.29) is 6.10 Å². The van der Waals surface area contributed by atoms with E-state index in [1.807, 2.05) is 19.1 Å². The van der Waals surface area contributed by atoms with Crippen molar-refractivity contribution in [3.8, 4) is 0 Å². The van der Waals surface area contributed by atoms with Gasteiger partial charge in [-0.25, -0.2) is 0 Å². The van der Waals surface area contributed by atoms with Crippen molar-refractivity contribution >= 4 is 0 Å². The Labute approximate surface area is 92.3 Å². The Bertz CT molecular complexity index is 268. The minimum atomic E-state index is -0.388. The lowest BCUT2D eigenvalue weighted by Crippen LogP contribution is -2.20. The second-order valence-corrected chi connectivity index (χ2v) is 3.82. The molecule has 0 saturated carbocycles. The van der Waals surface area contributed by atoms with Crippen LogP contribution in [0.2, 0.25) is 0 Å². The van der Waals surface area contributed by atoms with E-state index in [9.17, 15) is 5.11 Å². The van der Waals surface area contributed by atoms with Gasteiger partial charge in [-0.3, -0.25) is 0 Å². The summed E-state index contributed by atoms with van der Waals surface area (Å²) in [4.78, 5) is 0. The number of nitrogens with one attached hydrogen (secondary N) is 1. The van der Waals surface area contributed by atoms with Crippen molar-refractivity contribution in [1.82, 2.24) is 5.32 Å². The zero-order chi connectivity index (χ0) is 11.1. The lowest BCUT2D eigenvalue weighted by Gasteiger charge is -2.11. The first-order valence-electron chi connectivity index (χ1n) is 5.75. The normalized spacial score (nSPS) is 12.7. The van der Waals surface area contributed by atoms with Gasteiger partial charge in [-0.15, -0.1) is 0 Å². The highest BCUT2D eigenvalue weighted by molar-refractivity contribution is 5.24. The molecule has 1 aromatic rings. The highest BCUT2D eigenvalue weighted by Gasteiger charge is 2.05. The number of aryl methyl sites for hydroxylation is 1. The molecule has 0 bridgehead atoms. The minimum absolute atomic E-state index is 0.388. The molecule has 0 fully saturated rings. The molecule has 1 atom stereocenters. The molecule has 2 heteroatoms. The smallest absolute Gasteiger partial charge is 0.0914 e. The van der Waals surface area contributed by atoms with Gasteiger partial charge in [0.1, 0.15) is 0 Å². The second-order valence-electron chi connectivity index (χ2n) is 3.82. The Hall–Kier alpha value is -0.860. The van der Waals surface area contributed by atoms with Gasteiger partial charge in [0, 0.05) is 6.54 Å². The van der Waals surface area contributed by atoms with Gasteiger partial charge in [-0.1, -0.05) is 44.5 Å². The fourth-order valence-corrected chi connectivity index (χ4v) is 1.59. The molecule has 1 unspecified atom stereocenters. The van der Waals surface area contributed by atoms with Crippen molar-refractivity contribution in [2.24, 2.45) is 0 Å². The van der Waals surface area contributed by atoms with Crippen LogP contribution in [0.4, 0.5) is 0 Å². The molecular formula is C13H21NO. The highest BCUT2D eigenvalue weighted by atomic mass is 16.3. The maximum absolute atomic E-state index is 9.81. The zero-order valence-electron chi connectivity index (χ0n) is 9.66. The Kier molecular flexibility index (Phi) is 5.37. The van der Waals surface area contributed by atoms with E-state index < -0.39 is 0 Å². The third-order valence-electron chi connectivity index (χ3n) is 2.49. The Morgan fingerprint density at radius 2 is 1.87 bits per heavy atom. The first-order chi connectivity index (χ1) is 7.27. The van der Waals surface area contributed by atoms with Crippen molar-refractivity contribution in [3.63, 3.8) is 0 Å². The van der Waals surface area contributed by atoms with E-state index in [2.05, 4.69) is 24.4 Å². The van der Waals surface area contributed by atoms with Crippen LogP contribution < -0.4 is 5.32 Å². The van der Waals surface area contributed by atoms with Crippen LogP contribution in [0.3, 0.4) is 0 Å². The largest absolute Gasteiger partial charge is 0.387 e. The number of hydrogen-bond donors (Lipinski definition) is 2. The summed E-state index contributed by atoms with van der Waals surface area (Å²) in [7, 11) is 0. The fraction of sp³-hybridized carbons (Fsp3) is 0.538. The standard InChI is InChI=1S/C13H21NO/c1-3-5-11-6-8-12(9-7-11)13(15)10-14-4-2/h6-9,13-15H,3-5,10H2,1-2H3. The molecule has 84 valence electrons. The molecule has 0 saturated heterocycles. The van der Waals surface area contributed by atoms with Crippen molar-refractivity contribution in [1.29, 1.82) is 0 Å². The molecule has 0 aliphatic rings. The van der Waals surface area contributed by atoms with Gasteiger partial charge >= 0.3 is 0 Å². The average molecular weight is 207 g/mol. The molecule has 1 aromatic carbocycles. The third-order valence-corrected chi connectivity index (χ3v) is 2.49. The summed E-state index contributed by atoms with van der Waals surface area (Å²) in [6.07, 6.45) is 1.89. The highest BCUT2D eigenvalue weighted by Crippen LogP contribution is 2.13. The van der Waals surface area contributed by atoms with Crippen LogP contribution in [0.5, 0.6) is 0 Å². The predicted octanol–water partition coefficient (Wildman–Crippen LogP) is 2.28. The number of benzene rings is 1. The maximum Gasteiger partial charge on any atom is 0.0914 e. The summed E-state index contributed by atoms with van der Waals surface area (Å²) in [5.41, 5.74) is 2.34. The molecule has 2 nitrogen and oxygen atoms in total. The number of aliphatic hydroxyl groups is 1.